The second kappa shape index (κ2) is 8.04. The first kappa shape index (κ1) is 17.9. The molecule has 1 aliphatic heterocycles. The number of amides is 1. The summed E-state index contributed by atoms with van der Waals surface area (Å²) in [4.78, 5) is 25.2. The van der Waals surface area contributed by atoms with E-state index in [0.717, 1.165) is 26.2 Å². The third-order valence-corrected chi connectivity index (χ3v) is 4.73. The van der Waals surface area contributed by atoms with Crippen LogP contribution in [0.25, 0.3) is 0 Å². The van der Waals surface area contributed by atoms with Crippen LogP contribution >= 0.6 is 0 Å². The van der Waals surface area contributed by atoms with Gasteiger partial charge < -0.3 is 15.1 Å². The standard InChI is InChI=1S/C21H20FN5O/c22-17-8-4-5-9-18(17)25-21(28)19-14-20(24-15-23-19)27-12-10-26(11-13-27)16-6-2-1-3-7-16/h1-9,14-15H,10-13H2,(H,25,28). The number of para-hydroxylation sites is 2. The highest BCUT2D eigenvalue weighted by molar-refractivity contribution is 6.03. The van der Waals surface area contributed by atoms with Crippen molar-refractivity contribution in [3.8, 4) is 0 Å². The highest BCUT2D eigenvalue weighted by Crippen LogP contribution is 2.20. The molecule has 28 heavy (non-hydrogen) atoms. The highest BCUT2D eigenvalue weighted by Gasteiger charge is 2.20. The van der Waals surface area contributed by atoms with Crippen molar-refractivity contribution in [2.24, 2.45) is 0 Å². The molecule has 4 rings (SSSR count). The second-order valence-electron chi connectivity index (χ2n) is 6.51. The monoisotopic (exact) mass is 377 g/mol. The molecule has 0 bridgehead atoms. The third-order valence-electron chi connectivity index (χ3n) is 4.73. The number of piperazine rings is 1. The molecule has 7 heteroatoms. The molecule has 1 saturated heterocycles. The number of rotatable bonds is 4. The molecule has 2 heterocycles. The average molecular weight is 377 g/mol. The fraction of sp³-hybridized carbons (Fsp3) is 0.190. The van der Waals surface area contributed by atoms with E-state index in [1.807, 2.05) is 18.2 Å². The molecule has 2 aromatic carbocycles. The van der Waals surface area contributed by atoms with Gasteiger partial charge in [-0.1, -0.05) is 30.3 Å². The van der Waals surface area contributed by atoms with Crippen molar-refractivity contribution in [2.75, 3.05) is 41.3 Å². The predicted octanol–water partition coefficient (Wildman–Crippen LogP) is 3.19. The number of anilines is 3. The average Bonchev–Trinajstić information content (AvgIpc) is 2.76. The van der Waals surface area contributed by atoms with Crippen LogP contribution in [-0.2, 0) is 0 Å². The lowest BCUT2D eigenvalue weighted by Crippen LogP contribution is -2.46. The molecule has 0 saturated carbocycles. The Morgan fingerprint density at radius 3 is 2.32 bits per heavy atom. The first-order valence-electron chi connectivity index (χ1n) is 9.13. The van der Waals surface area contributed by atoms with Crippen LogP contribution < -0.4 is 15.1 Å². The molecule has 3 aromatic rings. The van der Waals surface area contributed by atoms with Gasteiger partial charge in [0.05, 0.1) is 5.69 Å². The van der Waals surface area contributed by atoms with E-state index in [2.05, 4.69) is 37.2 Å². The van der Waals surface area contributed by atoms with E-state index in [9.17, 15) is 9.18 Å². The van der Waals surface area contributed by atoms with E-state index in [0.29, 0.717) is 5.82 Å². The summed E-state index contributed by atoms with van der Waals surface area (Å²) in [5.74, 6) is -0.250. The summed E-state index contributed by atoms with van der Waals surface area (Å²) in [6.45, 7) is 3.32. The zero-order valence-electron chi connectivity index (χ0n) is 15.3. The van der Waals surface area contributed by atoms with Crippen LogP contribution in [0.2, 0.25) is 0 Å². The van der Waals surface area contributed by atoms with Gasteiger partial charge in [0.1, 0.15) is 23.7 Å². The number of hydrogen-bond acceptors (Lipinski definition) is 5. The molecule has 0 spiro atoms. The maximum atomic E-state index is 13.8. The molecule has 6 nitrogen and oxygen atoms in total. The number of benzene rings is 2. The normalized spacial score (nSPS) is 14.0. The zero-order valence-corrected chi connectivity index (χ0v) is 15.3. The number of nitrogens with one attached hydrogen (secondary N) is 1. The van der Waals surface area contributed by atoms with Crippen LogP contribution in [0.4, 0.5) is 21.6 Å². The van der Waals surface area contributed by atoms with Crippen LogP contribution in [0.1, 0.15) is 10.5 Å². The van der Waals surface area contributed by atoms with Gasteiger partial charge in [-0.05, 0) is 24.3 Å². The molecular weight excluding hydrogens is 357 g/mol. The molecule has 1 aromatic heterocycles. The van der Waals surface area contributed by atoms with Gasteiger partial charge in [-0.15, -0.1) is 0 Å². The van der Waals surface area contributed by atoms with E-state index in [1.165, 1.54) is 24.1 Å². The predicted molar refractivity (Wildman–Crippen MR) is 107 cm³/mol. The van der Waals surface area contributed by atoms with Crippen LogP contribution in [-0.4, -0.2) is 42.1 Å². The lowest BCUT2D eigenvalue weighted by atomic mass is 10.2. The minimum atomic E-state index is -0.484. The summed E-state index contributed by atoms with van der Waals surface area (Å²) in [6.07, 6.45) is 1.37. The Kier molecular flexibility index (Phi) is 5.14. The van der Waals surface area contributed by atoms with Gasteiger partial charge in [0.2, 0.25) is 0 Å². The van der Waals surface area contributed by atoms with E-state index in [1.54, 1.807) is 18.2 Å². The second-order valence-corrected chi connectivity index (χ2v) is 6.51. The molecule has 1 aliphatic rings. The Morgan fingerprint density at radius 2 is 1.57 bits per heavy atom. The Bertz CT molecular complexity index is 958. The van der Waals surface area contributed by atoms with Crippen molar-refractivity contribution in [3.63, 3.8) is 0 Å². The first-order chi connectivity index (χ1) is 13.7. The van der Waals surface area contributed by atoms with E-state index >= 15 is 0 Å². The molecule has 0 aliphatic carbocycles. The summed E-state index contributed by atoms with van der Waals surface area (Å²) in [7, 11) is 0. The van der Waals surface area contributed by atoms with Gasteiger partial charge in [0.25, 0.3) is 5.91 Å². The van der Waals surface area contributed by atoms with Crippen molar-refractivity contribution in [1.29, 1.82) is 0 Å². The van der Waals surface area contributed by atoms with Crippen LogP contribution in [0.5, 0.6) is 0 Å². The van der Waals surface area contributed by atoms with Crippen LogP contribution in [0.3, 0.4) is 0 Å². The van der Waals surface area contributed by atoms with Gasteiger partial charge in [0.15, 0.2) is 0 Å². The number of halogens is 1. The quantitative estimate of drug-likeness (QED) is 0.757. The van der Waals surface area contributed by atoms with Gasteiger partial charge in [-0.3, -0.25) is 4.79 Å². The lowest BCUT2D eigenvalue weighted by molar-refractivity contribution is 0.102. The summed E-state index contributed by atoms with van der Waals surface area (Å²) >= 11 is 0. The van der Waals surface area contributed by atoms with Crippen molar-refractivity contribution in [3.05, 3.63) is 78.5 Å². The molecular formula is C21H20FN5O. The SMILES string of the molecule is O=C(Nc1ccccc1F)c1cc(N2CCN(c3ccccc3)CC2)ncn1. The molecule has 0 unspecified atom stereocenters. The van der Waals surface area contributed by atoms with Gasteiger partial charge in [-0.2, -0.15) is 0 Å². The third kappa shape index (κ3) is 3.93. The molecule has 142 valence electrons. The maximum Gasteiger partial charge on any atom is 0.274 e. The van der Waals surface area contributed by atoms with E-state index in [-0.39, 0.29) is 11.4 Å². The number of hydrogen-bond donors (Lipinski definition) is 1. The molecule has 1 amide bonds. The Hall–Kier alpha value is -3.48. The Labute approximate surface area is 162 Å². The van der Waals surface area contributed by atoms with Crippen molar-refractivity contribution in [2.45, 2.75) is 0 Å². The number of nitrogens with zero attached hydrogens (tertiary/aromatic N) is 4. The fourth-order valence-electron chi connectivity index (χ4n) is 3.23. The maximum absolute atomic E-state index is 13.8. The Morgan fingerprint density at radius 1 is 0.893 bits per heavy atom. The first-order valence-corrected chi connectivity index (χ1v) is 9.13. The summed E-state index contributed by atoms with van der Waals surface area (Å²) in [5.41, 5.74) is 1.54. The minimum absolute atomic E-state index is 0.129. The number of carbonyl (C=O) groups is 1. The zero-order chi connectivity index (χ0) is 19.3. The van der Waals surface area contributed by atoms with Gasteiger partial charge in [-0.25, -0.2) is 14.4 Å². The summed E-state index contributed by atoms with van der Waals surface area (Å²) in [5, 5.41) is 2.55. The molecule has 0 radical (unpaired) electrons. The van der Waals surface area contributed by atoms with Gasteiger partial charge >= 0.3 is 0 Å². The topological polar surface area (TPSA) is 61.4 Å². The van der Waals surface area contributed by atoms with Crippen molar-refractivity contribution < 1.29 is 9.18 Å². The number of carbonyl (C=O) groups excluding carboxylic acids is 1. The summed E-state index contributed by atoms with van der Waals surface area (Å²) in [6, 6.07) is 18.0. The largest absolute Gasteiger partial charge is 0.368 e. The van der Waals surface area contributed by atoms with Crippen LogP contribution in [0, 0.1) is 5.82 Å². The molecule has 1 N–H and O–H groups in total. The molecule has 0 atom stereocenters. The fourth-order valence-corrected chi connectivity index (χ4v) is 3.23. The smallest absolute Gasteiger partial charge is 0.274 e. The lowest BCUT2D eigenvalue weighted by Gasteiger charge is -2.36. The van der Waals surface area contributed by atoms with Crippen LogP contribution in [0.15, 0.2) is 67.0 Å². The summed E-state index contributed by atoms with van der Waals surface area (Å²) < 4.78 is 13.8. The number of aromatic nitrogens is 2. The van der Waals surface area contributed by atoms with Gasteiger partial charge in [0, 0.05) is 37.9 Å². The minimum Gasteiger partial charge on any atom is -0.368 e. The Balaban J connectivity index is 1.43. The molecule has 1 fully saturated rings. The van der Waals surface area contributed by atoms with E-state index < -0.39 is 11.7 Å². The van der Waals surface area contributed by atoms with Crippen molar-refractivity contribution in [1.82, 2.24) is 9.97 Å². The van der Waals surface area contributed by atoms with E-state index in [4.69, 9.17) is 0 Å². The van der Waals surface area contributed by atoms with Crippen molar-refractivity contribution >= 4 is 23.1 Å². The highest BCUT2D eigenvalue weighted by atomic mass is 19.1.